The van der Waals surface area contributed by atoms with Crippen LogP contribution in [0.15, 0.2) is 41.5 Å². The number of rotatable bonds is 4. The highest BCUT2D eigenvalue weighted by Crippen LogP contribution is 2.52. The first-order valence-corrected chi connectivity index (χ1v) is 11.6. The zero-order valence-electron chi connectivity index (χ0n) is 17.7. The van der Waals surface area contributed by atoms with E-state index in [1.54, 1.807) is 0 Å². The fraction of sp³-hybridized carbons (Fsp3) is 0.381. The third-order valence-corrected chi connectivity index (χ3v) is 9.54. The molecule has 1 amide bonds. The lowest BCUT2D eigenvalue weighted by molar-refractivity contribution is -0.137. The third-order valence-electron chi connectivity index (χ3n) is 6.48. The van der Waals surface area contributed by atoms with E-state index in [1.807, 2.05) is 0 Å². The molecule has 0 radical (unpaired) electrons. The number of aliphatic imine (C=N–C) groups is 1. The van der Waals surface area contributed by atoms with Crippen molar-refractivity contribution in [2.24, 2.45) is 10.7 Å². The van der Waals surface area contributed by atoms with E-state index in [9.17, 15) is 35.2 Å². The molecule has 7 nitrogen and oxygen atoms in total. The number of sulfone groups is 1. The maximum Gasteiger partial charge on any atom is 0.417 e. The number of amidine groups is 1. The minimum Gasteiger partial charge on any atom is -0.386 e. The summed E-state index contributed by atoms with van der Waals surface area (Å²) in [5.74, 6) is -2.12. The van der Waals surface area contributed by atoms with Crippen LogP contribution in [0.5, 0.6) is 0 Å². The van der Waals surface area contributed by atoms with Gasteiger partial charge in [0.2, 0.25) is 0 Å². The monoisotopic (exact) mass is 502 g/mol. The Labute approximate surface area is 191 Å². The number of aromatic nitrogens is 1. The first-order valence-electron chi connectivity index (χ1n) is 10.1. The molecule has 3 atom stereocenters. The highest BCUT2D eigenvalue weighted by atomic mass is 32.2. The highest BCUT2D eigenvalue weighted by Gasteiger charge is 2.65. The van der Waals surface area contributed by atoms with Gasteiger partial charge in [0, 0.05) is 17.4 Å². The summed E-state index contributed by atoms with van der Waals surface area (Å²) < 4.78 is 91.0. The molecule has 2 aliphatic heterocycles. The maximum atomic E-state index is 14.9. The minimum atomic E-state index is -4.62. The number of nitrogens with one attached hydrogen (secondary N) is 1. The number of alkyl halides is 4. The molecule has 34 heavy (non-hydrogen) atoms. The van der Waals surface area contributed by atoms with Gasteiger partial charge >= 0.3 is 6.18 Å². The quantitative estimate of drug-likeness (QED) is 0.623. The summed E-state index contributed by atoms with van der Waals surface area (Å²) in [5.41, 5.74) is 2.69. The van der Waals surface area contributed by atoms with Crippen molar-refractivity contribution >= 4 is 27.3 Å². The van der Waals surface area contributed by atoms with Crippen LogP contribution in [-0.4, -0.2) is 41.8 Å². The van der Waals surface area contributed by atoms with Crippen LogP contribution in [0.25, 0.3) is 0 Å². The van der Waals surface area contributed by atoms with E-state index in [2.05, 4.69) is 15.3 Å². The largest absolute Gasteiger partial charge is 0.417 e. The Hall–Kier alpha value is -3.09. The summed E-state index contributed by atoms with van der Waals surface area (Å²) in [5, 5.41) is 1.16. The van der Waals surface area contributed by atoms with Crippen molar-refractivity contribution in [3.05, 3.63) is 59.2 Å². The molecule has 1 aromatic carbocycles. The topological polar surface area (TPSA) is 115 Å². The molecule has 0 spiro atoms. The van der Waals surface area contributed by atoms with Gasteiger partial charge in [0.25, 0.3) is 5.91 Å². The SMILES string of the molecule is C[C@]1(c2cc(NC(=O)c3ccc(C(F)(F)F)cn3)ccc2F)N=C(N)[C@@]2(CF)CC[C@@H]1S2(=O)=O. The van der Waals surface area contributed by atoms with Crippen molar-refractivity contribution < 1.29 is 35.2 Å². The molecule has 4 rings (SSSR count). The van der Waals surface area contributed by atoms with Gasteiger partial charge in [-0.1, -0.05) is 0 Å². The predicted octanol–water partition coefficient (Wildman–Crippen LogP) is 3.36. The fourth-order valence-electron chi connectivity index (χ4n) is 4.54. The standard InChI is InChI=1S/C21H19F5N4O3S/c1-19(16-6-7-20(10-22,18(27)30-19)34(16,32)33)13-8-12(3-4-14(13)23)29-17(31)15-5-2-11(9-28-15)21(24,25)26/h2-5,8-9,16H,6-7,10H2,1H3,(H2,27,30)(H,29,31)/t16-,19+,20-/m0/s1. The van der Waals surface area contributed by atoms with Crippen molar-refractivity contribution in [1.82, 2.24) is 4.98 Å². The lowest BCUT2D eigenvalue weighted by atomic mass is 9.86. The average molecular weight is 502 g/mol. The molecular formula is C21H19F5N4O3S. The Morgan fingerprint density at radius 3 is 2.56 bits per heavy atom. The van der Waals surface area contributed by atoms with E-state index in [1.165, 1.54) is 19.1 Å². The predicted molar refractivity (Wildman–Crippen MR) is 113 cm³/mol. The van der Waals surface area contributed by atoms with Crippen molar-refractivity contribution in [3.63, 3.8) is 0 Å². The van der Waals surface area contributed by atoms with Crippen molar-refractivity contribution in [2.45, 2.75) is 41.5 Å². The summed E-state index contributed by atoms with van der Waals surface area (Å²) in [6, 6.07) is 4.93. The Bertz CT molecular complexity index is 1300. The van der Waals surface area contributed by atoms with Gasteiger partial charge in [0.05, 0.1) is 10.8 Å². The summed E-state index contributed by atoms with van der Waals surface area (Å²) in [7, 11) is -4.14. The number of hydrogen-bond acceptors (Lipinski definition) is 6. The van der Waals surface area contributed by atoms with Crippen LogP contribution < -0.4 is 11.1 Å². The van der Waals surface area contributed by atoms with Crippen LogP contribution in [0.3, 0.4) is 0 Å². The Morgan fingerprint density at radius 2 is 1.97 bits per heavy atom. The second kappa shape index (κ2) is 7.72. The lowest BCUT2D eigenvalue weighted by Gasteiger charge is -2.39. The molecule has 0 unspecified atom stereocenters. The van der Waals surface area contributed by atoms with Gasteiger partial charge < -0.3 is 11.1 Å². The molecule has 2 aromatic rings. The zero-order chi connectivity index (χ0) is 25.1. The van der Waals surface area contributed by atoms with E-state index in [-0.39, 0.29) is 29.8 Å². The van der Waals surface area contributed by atoms with E-state index in [0.29, 0.717) is 12.3 Å². The molecule has 0 saturated carbocycles. The van der Waals surface area contributed by atoms with Crippen molar-refractivity contribution in [1.29, 1.82) is 0 Å². The molecule has 2 bridgehead atoms. The molecule has 1 aromatic heterocycles. The normalized spacial score (nSPS) is 27.8. The molecular weight excluding hydrogens is 483 g/mol. The minimum absolute atomic E-state index is 0.0124. The van der Waals surface area contributed by atoms with Crippen LogP contribution >= 0.6 is 0 Å². The lowest BCUT2D eigenvalue weighted by Crippen LogP contribution is -2.58. The second-order valence-electron chi connectivity index (χ2n) is 8.42. The Morgan fingerprint density at radius 1 is 1.26 bits per heavy atom. The van der Waals surface area contributed by atoms with E-state index in [4.69, 9.17) is 5.73 Å². The number of anilines is 1. The van der Waals surface area contributed by atoms with Crippen LogP contribution in [-0.2, 0) is 21.6 Å². The summed E-state index contributed by atoms with van der Waals surface area (Å²) >= 11 is 0. The summed E-state index contributed by atoms with van der Waals surface area (Å²) in [6.07, 6.45) is -4.18. The average Bonchev–Trinajstić information content (AvgIpc) is 2.97. The number of halogens is 5. The maximum absolute atomic E-state index is 14.9. The van der Waals surface area contributed by atoms with Crippen LogP contribution in [0.1, 0.15) is 41.4 Å². The second-order valence-corrected chi connectivity index (χ2v) is 10.9. The molecule has 0 aliphatic carbocycles. The number of hydrogen-bond donors (Lipinski definition) is 2. The first kappa shape index (κ1) is 24.0. The smallest absolute Gasteiger partial charge is 0.386 e. The number of fused-ring (bicyclic) bond motifs is 2. The summed E-state index contributed by atoms with van der Waals surface area (Å²) in [6.45, 7) is 0.132. The van der Waals surface area contributed by atoms with E-state index < -0.39 is 61.3 Å². The van der Waals surface area contributed by atoms with E-state index in [0.717, 1.165) is 12.1 Å². The van der Waals surface area contributed by atoms with Gasteiger partial charge in [0.1, 0.15) is 29.6 Å². The van der Waals surface area contributed by atoms with Gasteiger partial charge in [-0.15, -0.1) is 0 Å². The molecule has 182 valence electrons. The molecule has 3 heterocycles. The molecule has 13 heteroatoms. The number of amides is 1. The Kier molecular flexibility index (Phi) is 5.46. The number of carbonyl (C=O) groups excluding carboxylic acids is 1. The highest BCUT2D eigenvalue weighted by molar-refractivity contribution is 7.94. The van der Waals surface area contributed by atoms with Crippen LogP contribution in [0, 0.1) is 5.82 Å². The van der Waals surface area contributed by atoms with Crippen molar-refractivity contribution in [3.8, 4) is 0 Å². The van der Waals surface area contributed by atoms with Crippen LogP contribution in [0.4, 0.5) is 27.6 Å². The molecule has 1 fully saturated rings. The number of carbonyl (C=O) groups is 1. The molecule has 3 N–H and O–H groups in total. The van der Waals surface area contributed by atoms with Gasteiger partial charge in [-0.3, -0.25) is 14.8 Å². The fourth-order valence-corrected chi connectivity index (χ4v) is 7.19. The molecule has 1 saturated heterocycles. The zero-order valence-corrected chi connectivity index (χ0v) is 18.5. The van der Waals surface area contributed by atoms with E-state index >= 15 is 0 Å². The summed E-state index contributed by atoms with van der Waals surface area (Å²) in [4.78, 5) is 20.2. The van der Waals surface area contributed by atoms with Gasteiger partial charge in [0.15, 0.2) is 14.6 Å². The first-order chi connectivity index (χ1) is 15.8. The number of nitrogens with zero attached hydrogens (tertiary/aromatic N) is 2. The van der Waals surface area contributed by atoms with Crippen LogP contribution in [0.2, 0.25) is 0 Å². The van der Waals surface area contributed by atoms with Gasteiger partial charge in [-0.05, 0) is 50.1 Å². The Balaban J connectivity index is 1.68. The third kappa shape index (κ3) is 3.44. The molecule has 2 aliphatic rings. The number of benzene rings is 1. The van der Waals surface area contributed by atoms with Gasteiger partial charge in [-0.25, -0.2) is 17.2 Å². The number of pyridine rings is 1. The number of nitrogens with two attached hydrogens (primary N) is 1. The van der Waals surface area contributed by atoms with Gasteiger partial charge in [-0.2, -0.15) is 13.2 Å². The van der Waals surface area contributed by atoms with Crippen molar-refractivity contribution in [2.75, 3.05) is 12.0 Å².